The second kappa shape index (κ2) is 5.08. The van der Waals surface area contributed by atoms with Crippen molar-refractivity contribution in [1.82, 2.24) is 4.72 Å². The first-order valence-electron chi connectivity index (χ1n) is 6.38. The first-order chi connectivity index (χ1) is 9.40. The molecule has 2 aliphatic carbocycles. The number of carboxylic acid groups (broad SMARTS) is 1. The van der Waals surface area contributed by atoms with Crippen molar-refractivity contribution in [2.75, 3.05) is 0 Å². The molecule has 2 saturated carbocycles. The third-order valence-corrected chi connectivity index (χ3v) is 8.45. The standard InChI is InChI=1S/C12H14BrNO4S2/c13-8-3-4-19-12(8)20(17,18)14-10-7-2-1-6(5-7)9(10)11(15)16/h3-4,6-7,9-10,14H,1-2,5H2,(H,15,16). The lowest BCUT2D eigenvalue weighted by Crippen LogP contribution is -2.46. The maximum atomic E-state index is 12.4. The molecule has 2 bridgehead atoms. The highest BCUT2D eigenvalue weighted by Crippen LogP contribution is 2.49. The Labute approximate surface area is 129 Å². The number of carboxylic acids is 1. The van der Waals surface area contributed by atoms with Crippen LogP contribution >= 0.6 is 27.3 Å². The number of fused-ring (bicyclic) bond motifs is 2. The summed E-state index contributed by atoms with van der Waals surface area (Å²) < 4.78 is 28.1. The van der Waals surface area contributed by atoms with Crippen LogP contribution in [0.1, 0.15) is 19.3 Å². The Hall–Kier alpha value is -0.440. The second-order valence-electron chi connectivity index (χ2n) is 5.40. The van der Waals surface area contributed by atoms with E-state index in [1.807, 2.05) is 0 Å². The minimum Gasteiger partial charge on any atom is -0.481 e. The van der Waals surface area contributed by atoms with Gasteiger partial charge in [0, 0.05) is 10.5 Å². The molecule has 8 heteroatoms. The third kappa shape index (κ3) is 2.32. The van der Waals surface area contributed by atoms with Gasteiger partial charge >= 0.3 is 5.97 Å². The van der Waals surface area contributed by atoms with E-state index in [9.17, 15) is 18.3 Å². The molecule has 2 aliphatic rings. The van der Waals surface area contributed by atoms with E-state index < -0.39 is 28.0 Å². The molecule has 1 aromatic heterocycles. The monoisotopic (exact) mass is 379 g/mol. The number of rotatable bonds is 4. The van der Waals surface area contributed by atoms with E-state index in [1.165, 1.54) is 0 Å². The van der Waals surface area contributed by atoms with Crippen LogP contribution in [0, 0.1) is 17.8 Å². The summed E-state index contributed by atoms with van der Waals surface area (Å²) in [5.41, 5.74) is 0. The molecule has 4 atom stereocenters. The van der Waals surface area contributed by atoms with Crippen LogP contribution in [-0.2, 0) is 14.8 Å². The smallest absolute Gasteiger partial charge is 0.308 e. The molecule has 2 fully saturated rings. The minimum absolute atomic E-state index is 0.108. The molecular weight excluding hydrogens is 366 g/mol. The maximum Gasteiger partial charge on any atom is 0.308 e. The molecule has 4 unspecified atom stereocenters. The van der Waals surface area contributed by atoms with Crippen molar-refractivity contribution < 1.29 is 18.3 Å². The first-order valence-corrected chi connectivity index (χ1v) is 9.54. The fourth-order valence-corrected chi connectivity index (χ4v) is 7.20. The fraction of sp³-hybridized carbons (Fsp3) is 0.583. The Morgan fingerprint density at radius 2 is 2.10 bits per heavy atom. The number of hydrogen-bond acceptors (Lipinski definition) is 4. The van der Waals surface area contributed by atoms with Gasteiger partial charge < -0.3 is 5.11 Å². The van der Waals surface area contributed by atoms with Crippen LogP contribution in [0.25, 0.3) is 0 Å². The van der Waals surface area contributed by atoms with Crippen molar-refractivity contribution >= 4 is 43.3 Å². The largest absolute Gasteiger partial charge is 0.481 e. The van der Waals surface area contributed by atoms with Crippen LogP contribution in [-0.4, -0.2) is 25.5 Å². The molecule has 0 amide bonds. The lowest BCUT2D eigenvalue weighted by molar-refractivity contribution is -0.144. The molecule has 0 saturated heterocycles. The summed E-state index contributed by atoms with van der Waals surface area (Å²) in [7, 11) is -3.66. The molecule has 20 heavy (non-hydrogen) atoms. The second-order valence-corrected chi connectivity index (χ2v) is 9.08. The Balaban J connectivity index is 1.87. The summed E-state index contributed by atoms with van der Waals surface area (Å²) in [5.74, 6) is -1.23. The highest BCUT2D eigenvalue weighted by Gasteiger charge is 2.52. The molecule has 1 aromatic rings. The van der Waals surface area contributed by atoms with Crippen LogP contribution in [0.3, 0.4) is 0 Å². The van der Waals surface area contributed by atoms with Crippen LogP contribution < -0.4 is 4.72 Å². The highest BCUT2D eigenvalue weighted by atomic mass is 79.9. The average Bonchev–Trinajstić information content (AvgIpc) is 3.02. The van der Waals surface area contributed by atoms with E-state index in [4.69, 9.17) is 0 Å². The van der Waals surface area contributed by atoms with E-state index in [-0.39, 0.29) is 16.0 Å². The molecule has 0 spiro atoms. The highest BCUT2D eigenvalue weighted by molar-refractivity contribution is 9.10. The van der Waals surface area contributed by atoms with Crippen LogP contribution in [0.2, 0.25) is 0 Å². The fourth-order valence-electron chi connectivity index (χ4n) is 3.52. The molecule has 1 heterocycles. The van der Waals surface area contributed by atoms with Gasteiger partial charge in [-0.05, 0) is 58.5 Å². The topological polar surface area (TPSA) is 83.5 Å². The molecule has 2 N–H and O–H groups in total. The summed E-state index contributed by atoms with van der Waals surface area (Å²) in [6.45, 7) is 0. The number of carbonyl (C=O) groups is 1. The number of halogens is 1. The van der Waals surface area contributed by atoms with Gasteiger partial charge in [0.25, 0.3) is 10.0 Å². The van der Waals surface area contributed by atoms with E-state index in [2.05, 4.69) is 20.7 Å². The van der Waals surface area contributed by atoms with Gasteiger partial charge in [-0.3, -0.25) is 4.79 Å². The Morgan fingerprint density at radius 3 is 2.70 bits per heavy atom. The normalized spacial score (nSPS) is 32.6. The van der Waals surface area contributed by atoms with Crippen molar-refractivity contribution in [3.8, 4) is 0 Å². The molecule has 110 valence electrons. The van der Waals surface area contributed by atoms with Crippen molar-refractivity contribution in [3.63, 3.8) is 0 Å². The summed E-state index contributed by atoms with van der Waals surface area (Å²) in [5, 5.41) is 11.0. The van der Waals surface area contributed by atoms with Gasteiger partial charge in [-0.1, -0.05) is 0 Å². The van der Waals surface area contributed by atoms with E-state index >= 15 is 0 Å². The van der Waals surface area contributed by atoms with Crippen molar-refractivity contribution in [2.24, 2.45) is 17.8 Å². The number of hydrogen-bond donors (Lipinski definition) is 2. The van der Waals surface area contributed by atoms with E-state index in [0.717, 1.165) is 30.6 Å². The van der Waals surface area contributed by atoms with Gasteiger partial charge in [-0.15, -0.1) is 11.3 Å². The molecule has 0 radical (unpaired) electrons. The lowest BCUT2D eigenvalue weighted by Gasteiger charge is -2.28. The first kappa shape index (κ1) is 14.5. The van der Waals surface area contributed by atoms with Crippen molar-refractivity contribution in [2.45, 2.75) is 29.5 Å². The summed E-state index contributed by atoms with van der Waals surface area (Å²) in [4.78, 5) is 11.4. The van der Waals surface area contributed by atoms with Crippen molar-refractivity contribution in [1.29, 1.82) is 0 Å². The molecule has 5 nitrogen and oxygen atoms in total. The minimum atomic E-state index is -3.66. The molecule has 3 rings (SSSR count). The Morgan fingerprint density at radius 1 is 1.40 bits per heavy atom. The quantitative estimate of drug-likeness (QED) is 0.840. The molecule has 0 aromatic carbocycles. The summed E-state index contributed by atoms with van der Waals surface area (Å²) >= 11 is 4.34. The summed E-state index contributed by atoms with van der Waals surface area (Å²) in [6.07, 6.45) is 2.62. The van der Waals surface area contributed by atoms with Gasteiger partial charge in [0.15, 0.2) is 0 Å². The summed E-state index contributed by atoms with van der Waals surface area (Å²) in [6, 6.07) is 1.19. The van der Waals surface area contributed by atoms with Crippen LogP contribution in [0.15, 0.2) is 20.1 Å². The third-order valence-electron chi connectivity index (χ3n) is 4.32. The number of sulfonamides is 1. The Kier molecular flexibility index (Phi) is 3.68. The lowest BCUT2D eigenvalue weighted by atomic mass is 9.85. The van der Waals surface area contributed by atoms with E-state index in [0.29, 0.717) is 4.47 Å². The Bertz CT molecular complexity index is 642. The zero-order chi connectivity index (χ0) is 14.5. The zero-order valence-corrected chi connectivity index (χ0v) is 13.7. The van der Waals surface area contributed by atoms with E-state index in [1.54, 1.807) is 11.4 Å². The predicted octanol–water partition coefficient (Wildman–Crippen LogP) is 2.29. The van der Waals surface area contributed by atoms with Gasteiger partial charge in [0.05, 0.1) is 5.92 Å². The number of nitrogens with one attached hydrogen (secondary N) is 1. The molecule has 0 aliphatic heterocycles. The molecular formula is C12H14BrNO4S2. The van der Waals surface area contributed by atoms with Gasteiger partial charge in [-0.25, -0.2) is 13.1 Å². The van der Waals surface area contributed by atoms with Gasteiger partial charge in [0.2, 0.25) is 0 Å². The maximum absolute atomic E-state index is 12.4. The van der Waals surface area contributed by atoms with Crippen LogP contribution in [0.5, 0.6) is 0 Å². The van der Waals surface area contributed by atoms with Crippen molar-refractivity contribution in [3.05, 3.63) is 15.9 Å². The van der Waals surface area contributed by atoms with Gasteiger partial charge in [-0.2, -0.15) is 0 Å². The van der Waals surface area contributed by atoms with Crippen LogP contribution in [0.4, 0.5) is 0 Å². The zero-order valence-electron chi connectivity index (χ0n) is 10.5. The van der Waals surface area contributed by atoms with Gasteiger partial charge in [0.1, 0.15) is 4.21 Å². The average molecular weight is 380 g/mol. The predicted molar refractivity (Wildman–Crippen MR) is 78.1 cm³/mol. The SMILES string of the molecule is O=C(O)C1C2CCC(C2)C1NS(=O)(=O)c1sccc1Br. The number of thiophene rings is 1. The number of aliphatic carboxylic acids is 1.